The SMILES string of the molecule is CCc1ccc(Oc2cc(N3CCC(C(=O)NCCc4cccs4)CC3)ncn2)cc1. The molecule has 0 unspecified atom stereocenters. The van der Waals surface area contributed by atoms with Crippen molar-refractivity contribution in [1.82, 2.24) is 15.3 Å². The fourth-order valence-electron chi connectivity index (χ4n) is 3.75. The number of anilines is 1. The van der Waals surface area contributed by atoms with Gasteiger partial charge in [0.05, 0.1) is 0 Å². The van der Waals surface area contributed by atoms with E-state index >= 15 is 0 Å². The molecule has 0 spiro atoms. The van der Waals surface area contributed by atoms with Gasteiger partial charge in [-0.25, -0.2) is 9.97 Å². The molecule has 0 bridgehead atoms. The maximum Gasteiger partial charge on any atom is 0.224 e. The van der Waals surface area contributed by atoms with Crippen molar-refractivity contribution < 1.29 is 9.53 Å². The number of amides is 1. The van der Waals surface area contributed by atoms with Gasteiger partial charge in [-0.1, -0.05) is 25.1 Å². The van der Waals surface area contributed by atoms with Crippen molar-refractivity contribution in [1.29, 1.82) is 0 Å². The van der Waals surface area contributed by atoms with Crippen LogP contribution in [-0.4, -0.2) is 35.5 Å². The third-order valence-corrected chi connectivity index (χ3v) is 6.56. The lowest BCUT2D eigenvalue weighted by Gasteiger charge is -2.32. The average Bonchev–Trinajstić information content (AvgIpc) is 3.33. The molecule has 31 heavy (non-hydrogen) atoms. The smallest absolute Gasteiger partial charge is 0.224 e. The van der Waals surface area contributed by atoms with E-state index < -0.39 is 0 Å². The summed E-state index contributed by atoms with van der Waals surface area (Å²) in [4.78, 5) is 24.7. The molecule has 1 fully saturated rings. The number of aromatic nitrogens is 2. The Balaban J connectivity index is 1.27. The molecule has 7 heteroatoms. The molecule has 1 aliphatic rings. The maximum absolute atomic E-state index is 12.5. The molecule has 0 atom stereocenters. The van der Waals surface area contributed by atoms with Crippen molar-refractivity contribution in [3.05, 3.63) is 64.6 Å². The van der Waals surface area contributed by atoms with Crippen LogP contribution in [0.1, 0.15) is 30.2 Å². The van der Waals surface area contributed by atoms with E-state index in [1.807, 2.05) is 24.3 Å². The van der Waals surface area contributed by atoms with Crippen LogP contribution < -0.4 is 15.0 Å². The molecule has 2 aromatic heterocycles. The van der Waals surface area contributed by atoms with E-state index in [1.54, 1.807) is 11.3 Å². The van der Waals surface area contributed by atoms with Gasteiger partial charge in [0.1, 0.15) is 17.9 Å². The molecule has 1 N–H and O–H groups in total. The number of benzene rings is 1. The first-order valence-electron chi connectivity index (χ1n) is 10.8. The molecule has 4 rings (SSSR count). The highest BCUT2D eigenvalue weighted by atomic mass is 32.1. The molecule has 3 aromatic rings. The van der Waals surface area contributed by atoms with Gasteiger partial charge >= 0.3 is 0 Å². The standard InChI is InChI=1S/C24H28N4O2S/c1-2-18-5-7-20(8-6-18)30-23-16-22(26-17-27-23)28-13-10-19(11-14-28)24(29)25-12-9-21-4-3-15-31-21/h3-8,15-17,19H,2,9-14H2,1H3,(H,25,29). The summed E-state index contributed by atoms with van der Waals surface area (Å²) in [5.41, 5.74) is 1.27. The van der Waals surface area contributed by atoms with E-state index in [9.17, 15) is 4.79 Å². The molecule has 0 aliphatic carbocycles. The van der Waals surface area contributed by atoms with Crippen molar-refractivity contribution in [2.24, 2.45) is 5.92 Å². The summed E-state index contributed by atoms with van der Waals surface area (Å²) >= 11 is 1.73. The molecule has 3 heterocycles. The minimum Gasteiger partial charge on any atom is -0.439 e. The van der Waals surface area contributed by atoms with Crippen molar-refractivity contribution >= 4 is 23.1 Å². The number of nitrogens with zero attached hydrogens (tertiary/aromatic N) is 3. The lowest BCUT2D eigenvalue weighted by atomic mass is 9.96. The van der Waals surface area contributed by atoms with Gasteiger partial charge < -0.3 is 15.0 Å². The zero-order valence-electron chi connectivity index (χ0n) is 17.8. The Kier molecular flexibility index (Phi) is 7.14. The zero-order valence-corrected chi connectivity index (χ0v) is 18.6. The van der Waals surface area contributed by atoms with Crippen molar-refractivity contribution in [2.45, 2.75) is 32.6 Å². The number of hydrogen-bond donors (Lipinski definition) is 1. The number of rotatable bonds is 8. The fraction of sp³-hybridized carbons (Fsp3) is 0.375. The van der Waals surface area contributed by atoms with E-state index in [0.717, 1.165) is 50.3 Å². The van der Waals surface area contributed by atoms with Crippen LogP contribution in [0, 0.1) is 5.92 Å². The van der Waals surface area contributed by atoms with Crippen molar-refractivity contribution in [3.8, 4) is 11.6 Å². The third kappa shape index (κ3) is 5.82. The van der Waals surface area contributed by atoms with Crippen LogP contribution in [-0.2, 0) is 17.6 Å². The number of ether oxygens (including phenoxy) is 1. The van der Waals surface area contributed by atoms with Crippen LogP contribution >= 0.6 is 11.3 Å². The molecule has 1 aliphatic heterocycles. The minimum atomic E-state index is 0.0641. The lowest BCUT2D eigenvalue weighted by Crippen LogP contribution is -2.41. The summed E-state index contributed by atoms with van der Waals surface area (Å²) in [5, 5.41) is 5.16. The van der Waals surface area contributed by atoms with Gasteiger partial charge in [0.25, 0.3) is 0 Å². The second kappa shape index (κ2) is 10.4. The number of piperidine rings is 1. The van der Waals surface area contributed by atoms with Crippen molar-refractivity contribution in [2.75, 3.05) is 24.5 Å². The highest BCUT2D eigenvalue weighted by Crippen LogP contribution is 2.26. The molecule has 6 nitrogen and oxygen atoms in total. The van der Waals surface area contributed by atoms with Gasteiger partial charge in [-0.15, -0.1) is 11.3 Å². The molecule has 162 valence electrons. The van der Waals surface area contributed by atoms with Crippen LogP contribution in [0.15, 0.2) is 54.2 Å². The van der Waals surface area contributed by atoms with Crippen LogP contribution in [0.5, 0.6) is 11.6 Å². The van der Waals surface area contributed by atoms with Gasteiger partial charge in [0.2, 0.25) is 11.8 Å². The van der Waals surface area contributed by atoms with E-state index in [-0.39, 0.29) is 11.8 Å². The number of thiophene rings is 1. The predicted octanol–water partition coefficient (Wildman–Crippen LogP) is 4.47. The molecule has 1 saturated heterocycles. The van der Waals surface area contributed by atoms with Crippen LogP contribution in [0.4, 0.5) is 5.82 Å². The Bertz CT molecular complexity index is 968. The summed E-state index contributed by atoms with van der Waals surface area (Å²) in [5.74, 6) is 2.36. The first-order chi connectivity index (χ1) is 15.2. The van der Waals surface area contributed by atoms with Gasteiger partial charge in [-0.3, -0.25) is 4.79 Å². The summed E-state index contributed by atoms with van der Waals surface area (Å²) < 4.78 is 5.90. The summed E-state index contributed by atoms with van der Waals surface area (Å²) in [6.45, 7) is 4.42. The number of nitrogens with one attached hydrogen (secondary N) is 1. The first kappa shape index (κ1) is 21.3. The molecule has 1 amide bonds. The Hall–Kier alpha value is -2.93. The molecular weight excluding hydrogens is 408 g/mol. The number of hydrogen-bond acceptors (Lipinski definition) is 6. The predicted molar refractivity (Wildman–Crippen MR) is 124 cm³/mol. The van der Waals surface area contributed by atoms with Crippen LogP contribution in [0.3, 0.4) is 0 Å². The Labute approximate surface area is 187 Å². The Morgan fingerprint density at radius 2 is 2.00 bits per heavy atom. The van der Waals surface area contributed by atoms with Gasteiger partial charge in [-0.2, -0.15) is 0 Å². The second-order valence-electron chi connectivity index (χ2n) is 7.70. The summed E-state index contributed by atoms with van der Waals surface area (Å²) in [6, 6.07) is 14.1. The average molecular weight is 437 g/mol. The molecule has 1 aromatic carbocycles. The number of carbonyl (C=O) groups is 1. The molecular formula is C24H28N4O2S. The summed E-state index contributed by atoms with van der Waals surface area (Å²) in [6.07, 6.45) is 5.08. The van der Waals surface area contributed by atoms with E-state index in [2.05, 4.69) is 50.7 Å². The van der Waals surface area contributed by atoms with Gasteiger partial charge in [0.15, 0.2) is 0 Å². The lowest BCUT2D eigenvalue weighted by molar-refractivity contribution is -0.125. The third-order valence-electron chi connectivity index (χ3n) is 5.62. The Morgan fingerprint density at radius 3 is 2.71 bits per heavy atom. The normalized spacial score (nSPS) is 14.4. The van der Waals surface area contributed by atoms with E-state index in [4.69, 9.17) is 4.74 Å². The molecule has 0 radical (unpaired) electrons. The van der Waals surface area contributed by atoms with E-state index in [1.165, 1.54) is 16.8 Å². The summed E-state index contributed by atoms with van der Waals surface area (Å²) in [7, 11) is 0. The number of carbonyl (C=O) groups excluding carboxylic acids is 1. The topological polar surface area (TPSA) is 67.3 Å². The monoisotopic (exact) mass is 436 g/mol. The fourth-order valence-corrected chi connectivity index (χ4v) is 4.46. The van der Waals surface area contributed by atoms with Gasteiger partial charge in [-0.05, 0) is 54.8 Å². The second-order valence-corrected chi connectivity index (χ2v) is 8.73. The van der Waals surface area contributed by atoms with Crippen LogP contribution in [0.25, 0.3) is 0 Å². The number of aryl methyl sites for hydroxylation is 1. The largest absolute Gasteiger partial charge is 0.439 e. The quantitative estimate of drug-likeness (QED) is 0.564. The minimum absolute atomic E-state index is 0.0641. The van der Waals surface area contributed by atoms with E-state index in [0.29, 0.717) is 12.4 Å². The zero-order chi connectivity index (χ0) is 21.5. The highest BCUT2D eigenvalue weighted by molar-refractivity contribution is 7.09. The van der Waals surface area contributed by atoms with Crippen molar-refractivity contribution in [3.63, 3.8) is 0 Å². The Morgan fingerprint density at radius 1 is 1.19 bits per heavy atom. The highest BCUT2D eigenvalue weighted by Gasteiger charge is 2.25. The molecule has 0 saturated carbocycles. The van der Waals surface area contributed by atoms with Crippen LogP contribution in [0.2, 0.25) is 0 Å². The first-order valence-corrected chi connectivity index (χ1v) is 11.7. The van der Waals surface area contributed by atoms with Gasteiger partial charge in [0, 0.05) is 36.5 Å². The maximum atomic E-state index is 12.5.